The number of benzene rings is 1. The van der Waals surface area contributed by atoms with E-state index < -0.39 is 48.2 Å². The zero-order valence-electron chi connectivity index (χ0n) is 15.3. The third-order valence-electron chi connectivity index (χ3n) is 5.03. The number of nitrogens with zero attached hydrogens (tertiary/aromatic N) is 1. The first kappa shape index (κ1) is 20.9. The molecule has 162 valence electrons. The lowest BCUT2D eigenvalue weighted by Crippen LogP contribution is -2.42. The summed E-state index contributed by atoms with van der Waals surface area (Å²) in [4.78, 5) is 27.6. The van der Waals surface area contributed by atoms with Crippen molar-refractivity contribution >= 4 is 23.6 Å². The fourth-order valence-corrected chi connectivity index (χ4v) is 4.02. The van der Waals surface area contributed by atoms with Gasteiger partial charge in [0.1, 0.15) is 18.0 Å². The number of aryl methyl sites for hydroxylation is 1. The van der Waals surface area contributed by atoms with Crippen LogP contribution in [0.25, 0.3) is 6.08 Å². The maximum atomic E-state index is 13.6. The molecule has 0 bridgehead atoms. The third-order valence-corrected chi connectivity index (χ3v) is 5.25. The van der Waals surface area contributed by atoms with Gasteiger partial charge in [-0.1, -0.05) is 11.6 Å². The number of halogens is 4. The molecule has 12 heteroatoms. The predicted molar refractivity (Wildman–Crippen MR) is 94.7 cm³/mol. The Kier molecular flexibility index (Phi) is 5.37. The molecule has 30 heavy (non-hydrogen) atoms. The van der Waals surface area contributed by atoms with Crippen molar-refractivity contribution in [2.45, 2.75) is 43.6 Å². The second kappa shape index (κ2) is 7.71. The number of hydrogen-bond donors (Lipinski definition) is 0. The van der Waals surface area contributed by atoms with E-state index in [1.54, 1.807) is 6.92 Å². The van der Waals surface area contributed by atoms with Crippen molar-refractivity contribution in [2.75, 3.05) is 13.2 Å². The van der Waals surface area contributed by atoms with Crippen molar-refractivity contribution in [3.8, 4) is 5.75 Å². The van der Waals surface area contributed by atoms with Crippen molar-refractivity contribution in [3.63, 3.8) is 0 Å². The number of ether oxygens (including phenoxy) is 4. The van der Waals surface area contributed by atoms with Gasteiger partial charge in [-0.15, -0.1) is 4.91 Å². The van der Waals surface area contributed by atoms with Crippen LogP contribution in [0.1, 0.15) is 11.1 Å². The fraction of sp³-hybridized carbons (Fsp3) is 0.500. The molecule has 3 aliphatic rings. The molecule has 0 N–H and O–H groups in total. The SMILES string of the molecule is Cc1cc(Cl)cc2c1O[C@H](C(F)(F)F)C(C(=O)O[C@H]1CO[C@H]3[C@@H]1OC[C@H]3ON=O)=C2. The van der Waals surface area contributed by atoms with Crippen LogP contribution in [-0.4, -0.2) is 55.9 Å². The molecule has 3 aliphatic heterocycles. The summed E-state index contributed by atoms with van der Waals surface area (Å²) in [6, 6.07) is 2.86. The van der Waals surface area contributed by atoms with Crippen LogP contribution in [0.2, 0.25) is 5.02 Å². The maximum Gasteiger partial charge on any atom is 0.430 e. The molecule has 8 nitrogen and oxygen atoms in total. The van der Waals surface area contributed by atoms with Crippen LogP contribution in [0.3, 0.4) is 0 Å². The van der Waals surface area contributed by atoms with Crippen LogP contribution in [0.4, 0.5) is 13.2 Å². The monoisotopic (exact) mass is 449 g/mol. The van der Waals surface area contributed by atoms with Gasteiger partial charge in [-0.2, -0.15) is 13.2 Å². The van der Waals surface area contributed by atoms with E-state index in [0.717, 1.165) is 6.08 Å². The summed E-state index contributed by atoms with van der Waals surface area (Å²) < 4.78 is 62.1. The average Bonchev–Trinajstić information content (AvgIpc) is 3.24. The van der Waals surface area contributed by atoms with E-state index in [0.29, 0.717) is 5.56 Å². The van der Waals surface area contributed by atoms with Gasteiger partial charge in [0.15, 0.2) is 17.5 Å². The molecule has 0 aliphatic carbocycles. The lowest BCUT2D eigenvalue weighted by molar-refractivity contribution is -0.189. The second-order valence-corrected chi connectivity index (χ2v) is 7.47. The van der Waals surface area contributed by atoms with Gasteiger partial charge >= 0.3 is 12.1 Å². The molecule has 1 aromatic rings. The summed E-state index contributed by atoms with van der Waals surface area (Å²) in [5.41, 5.74) is -0.0901. The van der Waals surface area contributed by atoms with Gasteiger partial charge < -0.3 is 23.8 Å². The Labute approximate surface area is 172 Å². The fourth-order valence-electron chi connectivity index (χ4n) is 3.74. The minimum Gasteiger partial charge on any atom is -0.475 e. The highest BCUT2D eigenvalue weighted by Gasteiger charge is 2.53. The van der Waals surface area contributed by atoms with Crippen LogP contribution >= 0.6 is 11.6 Å². The first-order valence-corrected chi connectivity index (χ1v) is 9.24. The van der Waals surface area contributed by atoms with Crippen LogP contribution in [0, 0.1) is 11.8 Å². The summed E-state index contributed by atoms with van der Waals surface area (Å²) in [6.07, 6.45) is -9.59. The largest absolute Gasteiger partial charge is 0.475 e. The molecule has 0 spiro atoms. The molecule has 5 atom stereocenters. The zero-order chi connectivity index (χ0) is 21.6. The van der Waals surface area contributed by atoms with Gasteiger partial charge in [0.25, 0.3) is 0 Å². The van der Waals surface area contributed by atoms with Crippen LogP contribution < -0.4 is 4.74 Å². The first-order valence-electron chi connectivity index (χ1n) is 8.87. The smallest absolute Gasteiger partial charge is 0.430 e. The minimum absolute atomic E-state index is 0.0111. The predicted octanol–water partition coefficient (Wildman–Crippen LogP) is 3.13. The normalized spacial score (nSPS) is 30.0. The van der Waals surface area contributed by atoms with Crippen molar-refractivity contribution in [1.82, 2.24) is 0 Å². The number of carbonyl (C=O) groups excluding carboxylic acids is 1. The Hall–Kier alpha value is -2.37. The standard InChI is InChI=1S/C18H15ClF3NO7/c1-7-2-9(19)3-8-4-10(16(18(20,21)22)29-13(7)8)17(24)28-11-5-26-15-12(30-23-25)6-27-14(11)15/h2-4,11-12,14-16H,5-6H2,1H3/t11-,12+,14+,15+,16-/m0/s1. The zero-order valence-corrected chi connectivity index (χ0v) is 16.1. The molecule has 0 saturated carbocycles. The number of fused-ring (bicyclic) bond motifs is 2. The van der Waals surface area contributed by atoms with E-state index in [4.69, 9.17) is 30.5 Å². The lowest BCUT2D eigenvalue weighted by atomic mass is 9.99. The number of rotatable bonds is 4. The number of esters is 1. The summed E-state index contributed by atoms with van der Waals surface area (Å²) in [5.74, 6) is -1.24. The van der Waals surface area contributed by atoms with Crippen LogP contribution in [0.15, 0.2) is 23.0 Å². The molecule has 2 fully saturated rings. The van der Waals surface area contributed by atoms with Gasteiger partial charge in [0, 0.05) is 10.6 Å². The minimum atomic E-state index is -4.86. The van der Waals surface area contributed by atoms with Gasteiger partial charge in [-0.25, -0.2) is 4.79 Å². The van der Waals surface area contributed by atoms with E-state index in [2.05, 4.69) is 10.2 Å². The van der Waals surface area contributed by atoms with Gasteiger partial charge in [0.2, 0.25) is 6.10 Å². The number of hydrogen-bond acceptors (Lipinski definition) is 8. The Morgan fingerprint density at radius 3 is 2.53 bits per heavy atom. The first-order chi connectivity index (χ1) is 14.2. The maximum absolute atomic E-state index is 13.6. The molecule has 0 amide bonds. The van der Waals surface area contributed by atoms with E-state index in [1.807, 2.05) is 0 Å². The van der Waals surface area contributed by atoms with E-state index in [1.165, 1.54) is 12.1 Å². The van der Waals surface area contributed by atoms with E-state index in [9.17, 15) is 22.9 Å². The van der Waals surface area contributed by atoms with Gasteiger partial charge in [0.05, 0.1) is 18.8 Å². The average molecular weight is 450 g/mol. The molecule has 0 aromatic heterocycles. The highest BCUT2D eigenvalue weighted by molar-refractivity contribution is 6.30. The van der Waals surface area contributed by atoms with Gasteiger partial charge in [-0.3, -0.25) is 0 Å². The Morgan fingerprint density at radius 2 is 1.87 bits per heavy atom. The molecular weight excluding hydrogens is 435 g/mol. The quantitative estimate of drug-likeness (QED) is 0.396. The highest BCUT2D eigenvalue weighted by atomic mass is 35.5. The van der Waals surface area contributed by atoms with Crippen molar-refractivity contribution in [1.29, 1.82) is 0 Å². The van der Waals surface area contributed by atoms with Crippen LogP contribution in [0.5, 0.6) is 5.75 Å². The van der Waals surface area contributed by atoms with Crippen LogP contribution in [-0.2, 0) is 23.8 Å². The van der Waals surface area contributed by atoms with Crippen molar-refractivity contribution in [2.24, 2.45) is 5.34 Å². The van der Waals surface area contributed by atoms with Crippen molar-refractivity contribution < 1.29 is 41.8 Å². The summed E-state index contributed by atoms with van der Waals surface area (Å²) >= 11 is 5.98. The molecule has 1 aromatic carbocycles. The molecular formula is C18H15ClF3NO7. The Morgan fingerprint density at radius 1 is 1.20 bits per heavy atom. The highest BCUT2D eigenvalue weighted by Crippen LogP contribution is 2.41. The summed E-state index contributed by atoms with van der Waals surface area (Å²) in [5, 5.41) is 2.61. The Bertz CT molecular complexity index is 907. The summed E-state index contributed by atoms with van der Waals surface area (Å²) in [7, 11) is 0. The summed E-state index contributed by atoms with van der Waals surface area (Å²) in [6.45, 7) is 1.39. The number of alkyl halides is 3. The molecule has 3 heterocycles. The molecule has 0 unspecified atom stereocenters. The van der Waals surface area contributed by atoms with Gasteiger partial charge in [-0.05, 0) is 30.7 Å². The molecule has 2 saturated heterocycles. The second-order valence-electron chi connectivity index (χ2n) is 7.04. The Balaban J connectivity index is 1.58. The lowest BCUT2D eigenvalue weighted by Gasteiger charge is -2.29. The van der Waals surface area contributed by atoms with E-state index in [-0.39, 0.29) is 29.5 Å². The van der Waals surface area contributed by atoms with E-state index >= 15 is 0 Å². The number of carbonyl (C=O) groups is 1. The third kappa shape index (κ3) is 3.72. The van der Waals surface area contributed by atoms with Crippen molar-refractivity contribution in [3.05, 3.63) is 38.8 Å². The molecule has 0 radical (unpaired) electrons. The topological polar surface area (TPSA) is 92.7 Å². The molecule has 4 rings (SSSR count).